The third kappa shape index (κ3) is 2.80. The normalized spacial score (nSPS) is 13.3. The number of ether oxygens (including phenoxy) is 1. The van der Waals surface area contributed by atoms with Crippen molar-refractivity contribution < 1.29 is 14.8 Å². The summed E-state index contributed by atoms with van der Waals surface area (Å²) in [5.41, 5.74) is 1.40. The van der Waals surface area contributed by atoms with Gasteiger partial charge in [-0.25, -0.2) is 0 Å². The summed E-state index contributed by atoms with van der Waals surface area (Å²) in [6, 6.07) is 8.76. The van der Waals surface area contributed by atoms with Crippen molar-refractivity contribution in [2.45, 2.75) is 0 Å². The third-order valence-electron chi connectivity index (χ3n) is 3.09. The summed E-state index contributed by atoms with van der Waals surface area (Å²) < 4.78 is 5.46. The molecule has 1 aliphatic rings. The van der Waals surface area contributed by atoms with Crippen LogP contribution in [0, 0.1) is 10.1 Å². The van der Waals surface area contributed by atoms with E-state index in [0.717, 1.165) is 0 Å². The molecule has 2 aromatic rings. The summed E-state index contributed by atoms with van der Waals surface area (Å²) in [6.07, 6.45) is 0. The van der Waals surface area contributed by atoms with E-state index in [-0.39, 0.29) is 17.1 Å². The van der Waals surface area contributed by atoms with Crippen LogP contribution >= 0.6 is 0 Å². The van der Waals surface area contributed by atoms with Crippen LogP contribution in [0.25, 0.3) is 0 Å². The molecule has 8 nitrogen and oxygen atoms in total. The molecular weight excluding hydrogens is 288 g/mol. The first kappa shape index (κ1) is 13.8. The van der Waals surface area contributed by atoms with E-state index in [1.165, 1.54) is 30.3 Å². The van der Waals surface area contributed by atoms with Gasteiger partial charge < -0.3 is 15.2 Å². The lowest BCUT2D eigenvalue weighted by Gasteiger charge is -2.19. The molecule has 0 saturated carbocycles. The van der Waals surface area contributed by atoms with E-state index in [9.17, 15) is 15.2 Å². The average Bonchev–Trinajstić information content (AvgIpc) is 2.53. The Morgan fingerprint density at radius 2 is 2.00 bits per heavy atom. The number of phenols is 1. The lowest BCUT2D eigenvalue weighted by molar-refractivity contribution is -0.384. The molecule has 0 aliphatic carbocycles. The summed E-state index contributed by atoms with van der Waals surface area (Å²) >= 11 is 0. The maximum atomic E-state index is 10.6. The SMILES string of the molecule is O=[N+]([O-])c1ccc(N=Nc2cc3c(cc2O)NCCO3)cc1. The van der Waals surface area contributed by atoms with Crippen LogP contribution in [0.15, 0.2) is 46.6 Å². The number of phenolic OH excluding ortho intramolecular Hbond substituents is 1. The molecule has 0 aromatic heterocycles. The van der Waals surface area contributed by atoms with Crippen LogP contribution in [0.4, 0.5) is 22.7 Å². The van der Waals surface area contributed by atoms with E-state index in [2.05, 4.69) is 15.5 Å². The van der Waals surface area contributed by atoms with Crippen molar-refractivity contribution in [2.75, 3.05) is 18.5 Å². The van der Waals surface area contributed by atoms with Crippen LogP contribution in [0.1, 0.15) is 0 Å². The lowest BCUT2D eigenvalue weighted by atomic mass is 10.2. The minimum atomic E-state index is -0.486. The molecule has 3 rings (SSSR count). The second-order valence-corrected chi connectivity index (χ2v) is 4.59. The first-order valence-corrected chi connectivity index (χ1v) is 6.53. The molecule has 2 aromatic carbocycles. The molecule has 0 radical (unpaired) electrons. The highest BCUT2D eigenvalue weighted by molar-refractivity contribution is 5.69. The number of non-ortho nitro benzene ring substituents is 1. The molecule has 0 amide bonds. The van der Waals surface area contributed by atoms with E-state index < -0.39 is 4.92 Å². The molecule has 22 heavy (non-hydrogen) atoms. The zero-order valence-electron chi connectivity index (χ0n) is 11.4. The molecule has 0 unspecified atom stereocenters. The van der Waals surface area contributed by atoms with E-state index in [0.29, 0.717) is 30.3 Å². The first-order valence-electron chi connectivity index (χ1n) is 6.53. The van der Waals surface area contributed by atoms with Crippen LogP contribution in [0.3, 0.4) is 0 Å². The molecular formula is C14H12N4O4. The van der Waals surface area contributed by atoms with Gasteiger partial charge in [0.25, 0.3) is 5.69 Å². The maximum Gasteiger partial charge on any atom is 0.269 e. The van der Waals surface area contributed by atoms with Gasteiger partial charge in [-0.1, -0.05) is 0 Å². The number of nitrogens with one attached hydrogen (secondary N) is 1. The summed E-state index contributed by atoms with van der Waals surface area (Å²) in [5.74, 6) is 0.573. The topological polar surface area (TPSA) is 109 Å². The largest absolute Gasteiger partial charge is 0.506 e. The second kappa shape index (κ2) is 5.68. The van der Waals surface area contributed by atoms with Crippen LogP contribution in [0.5, 0.6) is 11.5 Å². The number of nitro groups is 1. The molecule has 112 valence electrons. The highest BCUT2D eigenvalue weighted by Gasteiger charge is 2.13. The first-order chi connectivity index (χ1) is 10.6. The predicted octanol–water partition coefficient (Wildman–Crippen LogP) is 3.52. The Bertz CT molecular complexity index is 743. The molecule has 0 atom stereocenters. The van der Waals surface area contributed by atoms with Gasteiger partial charge in [0.2, 0.25) is 0 Å². The maximum absolute atomic E-state index is 10.6. The Labute approximate surface area is 125 Å². The third-order valence-corrected chi connectivity index (χ3v) is 3.09. The van der Waals surface area contributed by atoms with Gasteiger partial charge in [-0.3, -0.25) is 10.1 Å². The van der Waals surface area contributed by atoms with Crippen molar-refractivity contribution >= 4 is 22.7 Å². The number of hydrogen-bond acceptors (Lipinski definition) is 7. The van der Waals surface area contributed by atoms with Gasteiger partial charge in [-0.05, 0) is 12.1 Å². The van der Waals surface area contributed by atoms with Gasteiger partial charge in [0.1, 0.15) is 23.8 Å². The summed E-state index contributed by atoms with van der Waals surface area (Å²) in [5, 5.41) is 31.5. The minimum Gasteiger partial charge on any atom is -0.506 e. The fourth-order valence-corrected chi connectivity index (χ4v) is 1.99. The molecule has 1 heterocycles. The Kier molecular flexibility index (Phi) is 3.57. The molecule has 2 N–H and O–H groups in total. The monoisotopic (exact) mass is 300 g/mol. The number of aromatic hydroxyl groups is 1. The average molecular weight is 300 g/mol. The highest BCUT2D eigenvalue weighted by atomic mass is 16.6. The Balaban J connectivity index is 1.84. The zero-order chi connectivity index (χ0) is 15.5. The summed E-state index contributed by atoms with van der Waals surface area (Å²) in [7, 11) is 0. The number of nitrogens with zero attached hydrogens (tertiary/aromatic N) is 3. The van der Waals surface area contributed by atoms with Crippen molar-refractivity contribution in [2.24, 2.45) is 10.2 Å². The van der Waals surface area contributed by atoms with E-state index in [4.69, 9.17) is 4.74 Å². The van der Waals surface area contributed by atoms with Gasteiger partial charge in [-0.15, -0.1) is 5.11 Å². The molecule has 0 fully saturated rings. The highest BCUT2D eigenvalue weighted by Crippen LogP contribution is 2.39. The number of rotatable bonds is 3. The molecule has 0 bridgehead atoms. The van der Waals surface area contributed by atoms with Crippen LogP contribution in [0.2, 0.25) is 0 Å². The van der Waals surface area contributed by atoms with E-state index in [1.807, 2.05) is 0 Å². The van der Waals surface area contributed by atoms with Gasteiger partial charge in [0.15, 0.2) is 0 Å². The smallest absolute Gasteiger partial charge is 0.269 e. The Hall–Kier alpha value is -3.16. The molecule has 0 spiro atoms. The number of azo groups is 1. The second-order valence-electron chi connectivity index (χ2n) is 4.59. The quantitative estimate of drug-likeness (QED) is 0.512. The van der Waals surface area contributed by atoms with Crippen LogP contribution < -0.4 is 10.1 Å². The molecule has 8 heteroatoms. The van der Waals surface area contributed by atoms with E-state index >= 15 is 0 Å². The summed E-state index contributed by atoms with van der Waals surface area (Å²) in [6.45, 7) is 1.22. The fourth-order valence-electron chi connectivity index (χ4n) is 1.99. The van der Waals surface area contributed by atoms with Gasteiger partial charge in [-0.2, -0.15) is 5.11 Å². The number of fused-ring (bicyclic) bond motifs is 1. The van der Waals surface area contributed by atoms with Gasteiger partial charge in [0.05, 0.1) is 16.3 Å². The Morgan fingerprint density at radius 1 is 1.23 bits per heavy atom. The predicted molar refractivity (Wildman–Crippen MR) is 79.4 cm³/mol. The van der Waals surface area contributed by atoms with Gasteiger partial charge in [0, 0.05) is 30.8 Å². The van der Waals surface area contributed by atoms with Crippen LogP contribution in [-0.2, 0) is 0 Å². The number of benzene rings is 2. The van der Waals surface area contributed by atoms with Crippen molar-refractivity contribution in [1.82, 2.24) is 0 Å². The molecule has 1 aliphatic heterocycles. The standard InChI is InChI=1S/C14H12N4O4/c19-13-7-12-14(22-6-5-15-12)8-11(13)17-16-9-1-3-10(4-2-9)18(20)21/h1-4,7-8,15,19H,5-6H2. The number of anilines is 1. The van der Waals surface area contributed by atoms with E-state index in [1.54, 1.807) is 6.07 Å². The van der Waals surface area contributed by atoms with Gasteiger partial charge >= 0.3 is 0 Å². The number of hydrogen-bond donors (Lipinski definition) is 2. The fraction of sp³-hybridized carbons (Fsp3) is 0.143. The minimum absolute atomic E-state index is 0.0185. The Morgan fingerprint density at radius 3 is 2.73 bits per heavy atom. The van der Waals surface area contributed by atoms with Crippen LogP contribution in [-0.4, -0.2) is 23.2 Å². The van der Waals surface area contributed by atoms with Crippen molar-refractivity contribution in [3.05, 3.63) is 46.5 Å². The summed E-state index contributed by atoms with van der Waals surface area (Å²) in [4.78, 5) is 10.1. The molecule has 0 saturated heterocycles. The number of nitro benzene ring substituents is 1. The van der Waals surface area contributed by atoms with Crippen molar-refractivity contribution in [3.63, 3.8) is 0 Å². The van der Waals surface area contributed by atoms with Crippen molar-refractivity contribution in [3.8, 4) is 11.5 Å². The lowest BCUT2D eigenvalue weighted by Crippen LogP contribution is -2.17. The zero-order valence-corrected chi connectivity index (χ0v) is 11.4. The van der Waals surface area contributed by atoms with Crippen molar-refractivity contribution in [1.29, 1.82) is 0 Å².